The van der Waals surface area contributed by atoms with Gasteiger partial charge in [-0.25, -0.2) is 51.8 Å². The molecule has 2 saturated carbocycles. The highest BCUT2D eigenvalue weighted by Gasteiger charge is 2.42. The molecule has 0 bridgehead atoms. The largest absolute Gasteiger partial charge is 0.480 e. The number of carbonyl (C=O) groups excluding carboxylic acids is 1. The van der Waals surface area contributed by atoms with Gasteiger partial charge in [-0.3, -0.25) is 20.0 Å². The van der Waals surface area contributed by atoms with Gasteiger partial charge in [0.1, 0.15) is 38.5 Å². The Morgan fingerprint density at radius 1 is 1.00 bits per heavy atom. The molecular weight excluding hydrogens is 996 g/mol. The molecule has 6 heterocycles. The lowest BCUT2D eigenvalue weighted by atomic mass is 10.1. The number of alkyl halides is 5. The number of carbonyl (C=O) groups is 1. The van der Waals surface area contributed by atoms with Gasteiger partial charge in [-0.2, -0.15) is 13.2 Å². The van der Waals surface area contributed by atoms with Gasteiger partial charge in [-0.15, -0.1) is 0 Å². The Balaban J connectivity index is 1.03. The second-order valence-electron chi connectivity index (χ2n) is 19.2. The SMILES string of the molecule is COc1ncnc(C2CC2)c1-c1nccc(N(CC(=O)N2C(C)CN(c3cc(S(=O)(=O)NC4(C)CC4)cn4c(C(=N)SC(=N)C(F)F)ncc34)CC2C)Cc2ccc(-c3nc(C(F)(F)F)cn3C(C)C)cc2)n1. The number of rotatable bonds is 16. The molecule has 5 aromatic heterocycles. The minimum absolute atomic E-state index is 0.127. The molecule has 386 valence electrons. The topological polar surface area (TPSA) is 217 Å². The van der Waals surface area contributed by atoms with Crippen molar-refractivity contribution in [3.8, 4) is 28.7 Å². The normalized spacial score (nSPS) is 17.9. The molecule has 18 nitrogen and oxygen atoms in total. The van der Waals surface area contributed by atoms with Crippen LogP contribution in [0.2, 0.25) is 0 Å². The van der Waals surface area contributed by atoms with E-state index in [0.29, 0.717) is 58.3 Å². The number of pyridine rings is 1. The highest BCUT2D eigenvalue weighted by atomic mass is 32.2. The van der Waals surface area contributed by atoms with Crippen LogP contribution in [-0.4, -0.2) is 119 Å². The summed E-state index contributed by atoms with van der Waals surface area (Å²) in [6, 6.07) is 8.87. The summed E-state index contributed by atoms with van der Waals surface area (Å²) in [7, 11) is -2.64. The van der Waals surface area contributed by atoms with E-state index in [2.05, 4.69) is 29.6 Å². The van der Waals surface area contributed by atoms with Gasteiger partial charge in [0.05, 0.1) is 36.7 Å². The molecule has 2 atom stereocenters. The van der Waals surface area contributed by atoms with Gasteiger partial charge >= 0.3 is 6.18 Å². The van der Waals surface area contributed by atoms with Crippen molar-refractivity contribution in [1.82, 2.24) is 48.5 Å². The van der Waals surface area contributed by atoms with E-state index in [1.165, 1.54) is 40.9 Å². The van der Waals surface area contributed by atoms with Crippen molar-refractivity contribution in [3.05, 3.63) is 90.3 Å². The molecule has 3 fully saturated rings. The maximum atomic E-state index is 14.9. The lowest BCUT2D eigenvalue weighted by Crippen LogP contribution is -2.60. The fourth-order valence-electron chi connectivity index (χ4n) is 9.15. The number of fused-ring (bicyclic) bond motifs is 1. The Kier molecular flexibility index (Phi) is 13.8. The number of anilines is 2. The Hall–Kier alpha value is -6.60. The molecule has 1 aromatic carbocycles. The highest BCUT2D eigenvalue weighted by molar-refractivity contribution is 8.26. The molecule has 1 saturated heterocycles. The Labute approximate surface area is 421 Å². The van der Waals surface area contributed by atoms with Crippen LogP contribution in [0.5, 0.6) is 5.88 Å². The molecule has 73 heavy (non-hydrogen) atoms. The minimum atomic E-state index is -4.63. The lowest BCUT2D eigenvalue weighted by molar-refractivity contribution is -0.141. The first-order valence-corrected chi connectivity index (χ1v) is 25.8. The van der Waals surface area contributed by atoms with Gasteiger partial charge < -0.3 is 24.0 Å². The minimum Gasteiger partial charge on any atom is -0.480 e. The van der Waals surface area contributed by atoms with E-state index in [1.807, 2.05) is 18.7 Å². The number of piperazine rings is 1. The Morgan fingerprint density at radius 2 is 1.70 bits per heavy atom. The first-order chi connectivity index (χ1) is 34.5. The Bertz CT molecular complexity index is 3200. The fourth-order valence-corrected chi connectivity index (χ4v) is 11.2. The number of hydrogen-bond acceptors (Lipinski definition) is 15. The Morgan fingerprint density at radius 3 is 2.32 bits per heavy atom. The molecule has 2 aliphatic carbocycles. The van der Waals surface area contributed by atoms with Crippen LogP contribution < -0.4 is 19.3 Å². The number of thioether (sulfide) groups is 1. The zero-order chi connectivity index (χ0) is 52.3. The van der Waals surface area contributed by atoms with E-state index in [-0.39, 0.29) is 72.4 Å². The quantitative estimate of drug-likeness (QED) is 0.0474. The molecule has 6 aromatic rings. The summed E-state index contributed by atoms with van der Waals surface area (Å²) in [6.45, 7) is 9.48. The van der Waals surface area contributed by atoms with E-state index in [4.69, 9.17) is 20.5 Å². The number of imidazole rings is 2. The van der Waals surface area contributed by atoms with Crippen molar-refractivity contribution < 1.29 is 39.9 Å². The van der Waals surface area contributed by atoms with Crippen molar-refractivity contribution in [1.29, 1.82) is 10.8 Å². The summed E-state index contributed by atoms with van der Waals surface area (Å²) in [4.78, 5) is 47.0. The number of nitrogens with one attached hydrogen (secondary N) is 3. The van der Waals surface area contributed by atoms with Crippen LogP contribution in [-0.2, 0) is 27.5 Å². The molecule has 3 aliphatic rings. The third kappa shape index (κ3) is 10.7. The highest BCUT2D eigenvalue weighted by Crippen LogP contribution is 2.45. The smallest absolute Gasteiger partial charge is 0.434 e. The van der Waals surface area contributed by atoms with Gasteiger partial charge in [0.2, 0.25) is 21.8 Å². The average Bonchev–Trinajstić information content (AvgIpc) is 4.22. The lowest BCUT2D eigenvalue weighted by Gasteiger charge is -2.46. The average molecular weight is 1050 g/mol. The summed E-state index contributed by atoms with van der Waals surface area (Å²) in [5.41, 5.74) is 1.65. The molecular formula is C48H53F5N14O4S2. The van der Waals surface area contributed by atoms with Gasteiger partial charge in [-0.05, 0) is 89.8 Å². The number of halogens is 5. The van der Waals surface area contributed by atoms with Gasteiger partial charge in [-0.1, -0.05) is 24.3 Å². The molecule has 9 rings (SSSR count). The number of methoxy groups -OCH3 is 1. The second kappa shape index (κ2) is 19.7. The number of aromatic nitrogens is 8. The van der Waals surface area contributed by atoms with Crippen LogP contribution in [0.3, 0.4) is 0 Å². The summed E-state index contributed by atoms with van der Waals surface area (Å²) in [5.74, 6) is 0.921. The van der Waals surface area contributed by atoms with Crippen LogP contribution in [0.1, 0.15) is 95.0 Å². The molecule has 1 amide bonds. The van der Waals surface area contributed by atoms with E-state index < -0.39 is 56.0 Å². The third-order valence-corrected chi connectivity index (χ3v) is 15.5. The number of hydrogen-bond donors (Lipinski definition) is 3. The summed E-state index contributed by atoms with van der Waals surface area (Å²) < 4.78 is 107. The van der Waals surface area contributed by atoms with Gasteiger partial charge in [0, 0.05) is 73.4 Å². The first-order valence-electron chi connectivity index (χ1n) is 23.5. The van der Waals surface area contributed by atoms with E-state index in [0.717, 1.165) is 24.7 Å². The summed E-state index contributed by atoms with van der Waals surface area (Å²) in [5, 5.41) is 14.7. The van der Waals surface area contributed by atoms with Crippen LogP contribution >= 0.6 is 11.8 Å². The van der Waals surface area contributed by atoms with Crippen molar-refractivity contribution in [3.63, 3.8) is 0 Å². The summed E-state index contributed by atoms with van der Waals surface area (Å²) in [6.07, 6.45) is 2.12. The van der Waals surface area contributed by atoms with E-state index >= 15 is 0 Å². The molecule has 25 heteroatoms. The second-order valence-corrected chi connectivity index (χ2v) is 22.0. The van der Waals surface area contributed by atoms with E-state index in [9.17, 15) is 35.2 Å². The van der Waals surface area contributed by atoms with Crippen LogP contribution in [0.4, 0.5) is 33.5 Å². The predicted molar refractivity (Wildman–Crippen MR) is 265 cm³/mol. The van der Waals surface area contributed by atoms with Crippen LogP contribution in [0.25, 0.3) is 28.3 Å². The van der Waals surface area contributed by atoms with Crippen molar-refractivity contribution in [2.75, 3.05) is 36.5 Å². The fraction of sp³-hybridized carbons (Fsp3) is 0.438. The van der Waals surface area contributed by atoms with Crippen molar-refractivity contribution >= 4 is 54.8 Å². The van der Waals surface area contributed by atoms with Crippen molar-refractivity contribution in [2.45, 2.75) is 114 Å². The molecule has 2 unspecified atom stereocenters. The van der Waals surface area contributed by atoms with E-state index in [1.54, 1.807) is 67.1 Å². The maximum Gasteiger partial charge on any atom is 0.434 e. The van der Waals surface area contributed by atoms with Gasteiger partial charge in [0.15, 0.2) is 17.3 Å². The number of nitrogens with zero attached hydrogens (tertiary/aromatic N) is 11. The number of ether oxygens (including phenoxy) is 1. The van der Waals surface area contributed by atoms with Crippen molar-refractivity contribution in [2.24, 2.45) is 0 Å². The first kappa shape index (κ1) is 51.3. The molecule has 0 radical (unpaired) electrons. The zero-order valence-electron chi connectivity index (χ0n) is 40.7. The van der Waals surface area contributed by atoms with Gasteiger partial charge in [0.25, 0.3) is 6.43 Å². The third-order valence-electron chi connectivity index (χ3n) is 13.1. The standard InChI is InChI=1S/C48H53F5N14O4S2/c1-26(2)65-23-35(48(51,52)53)60-44(65)31-9-7-29(8-10-31)21-64(36-13-16-56-43(61-36)38-39(30-11-12-30)58-25-59-46(38)71-6)24-37(68)67-27(3)19-63(20-28(67)4)33-17-32(73(69,70)62-47(5)14-15-47)22-66-34(33)18-57-45(66)42(55)72-41(54)40(49)50/h7-10,13,16-18,22-23,25-28,30,40,54-55,62H,11-12,14-15,19-21,24H2,1-6H3. The predicted octanol–water partition coefficient (Wildman–Crippen LogP) is 8.19. The number of benzene rings is 1. The maximum absolute atomic E-state index is 14.9. The molecule has 0 spiro atoms. The molecule has 3 N–H and O–H groups in total. The monoisotopic (exact) mass is 1050 g/mol. The van der Waals surface area contributed by atoms with Crippen LogP contribution in [0.15, 0.2) is 72.4 Å². The number of sulfonamides is 1. The van der Waals surface area contributed by atoms with Crippen LogP contribution in [0, 0.1) is 10.8 Å². The zero-order valence-corrected chi connectivity index (χ0v) is 42.3. The number of amides is 1. The molecule has 1 aliphatic heterocycles. The summed E-state index contributed by atoms with van der Waals surface area (Å²) >= 11 is 0.220.